The molecule has 122 valence electrons. The normalized spacial score (nSPS) is 14.7. The molecule has 1 aliphatic rings. The van der Waals surface area contributed by atoms with Gasteiger partial charge in [0.15, 0.2) is 0 Å². The molecule has 0 saturated heterocycles. The van der Waals surface area contributed by atoms with Gasteiger partial charge in [0.2, 0.25) is 0 Å². The second-order valence-electron chi connectivity index (χ2n) is 6.99. The molecule has 0 spiro atoms. The minimum Gasteiger partial charge on any atom is -0.444 e. The smallest absolute Gasteiger partial charge is 0.410 e. The summed E-state index contributed by atoms with van der Waals surface area (Å²) >= 11 is 0. The van der Waals surface area contributed by atoms with E-state index in [0.717, 1.165) is 31.2 Å². The lowest BCUT2D eigenvalue weighted by Gasteiger charge is -2.27. The van der Waals surface area contributed by atoms with Crippen molar-refractivity contribution in [3.63, 3.8) is 0 Å². The summed E-state index contributed by atoms with van der Waals surface area (Å²) in [5, 5.41) is 8.93. The van der Waals surface area contributed by atoms with Crippen molar-refractivity contribution in [2.24, 2.45) is 0 Å². The molecule has 1 fully saturated rings. The largest absolute Gasteiger partial charge is 0.444 e. The maximum Gasteiger partial charge on any atom is 0.410 e. The van der Waals surface area contributed by atoms with Gasteiger partial charge >= 0.3 is 6.09 Å². The summed E-state index contributed by atoms with van der Waals surface area (Å²) in [6.45, 7) is 6.48. The molecular weight excluding hydrogens is 278 g/mol. The predicted octanol–water partition coefficient (Wildman–Crippen LogP) is 3.51. The molecule has 4 nitrogen and oxygen atoms in total. The van der Waals surface area contributed by atoms with Crippen molar-refractivity contribution in [1.29, 1.82) is 0 Å². The second kappa shape index (κ2) is 7.14. The van der Waals surface area contributed by atoms with Crippen molar-refractivity contribution in [1.82, 2.24) is 4.90 Å². The Kier molecular flexibility index (Phi) is 5.46. The summed E-state index contributed by atoms with van der Waals surface area (Å²) < 4.78 is 5.52. The summed E-state index contributed by atoms with van der Waals surface area (Å²) in [4.78, 5) is 14.2. The number of ether oxygens (including phenoxy) is 1. The van der Waals surface area contributed by atoms with Crippen molar-refractivity contribution in [2.75, 3.05) is 6.61 Å². The summed E-state index contributed by atoms with van der Waals surface area (Å²) in [7, 11) is 0. The minimum absolute atomic E-state index is 0.205. The summed E-state index contributed by atoms with van der Waals surface area (Å²) in [5.74, 6) is 0. The molecule has 0 unspecified atom stereocenters. The number of hydrogen-bond donors (Lipinski definition) is 1. The highest BCUT2D eigenvalue weighted by atomic mass is 16.6. The maximum atomic E-state index is 12.4. The fraction of sp³-hybridized carbons (Fsp3) is 0.611. The van der Waals surface area contributed by atoms with Gasteiger partial charge in [0, 0.05) is 19.2 Å². The van der Waals surface area contributed by atoms with E-state index in [1.54, 1.807) is 0 Å². The molecule has 2 rings (SSSR count). The zero-order valence-electron chi connectivity index (χ0n) is 13.8. The van der Waals surface area contributed by atoms with Gasteiger partial charge in [-0.2, -0.15) is 0 Å². The maximum absolute atomic E-state index is 12.4. The number of amides is 1. The van der Waals surface area contributed by atoms with Crippen LogP contribution in [0.5, 0.6) is 0 Å². The molecule has 4 heteroatoms. The van der Waals surface area contributed by atoms with Crippen LogP contribution in [0.3, 0.4) is 0 Å². The lowest BCUT2D eigenvalue weighted by molar-refractivity contribution is 0.0216. The molecule has 0 bridgehead atoms. The van der Waals surface area contributed by atoms with E-state index in [9.17, 15) is 4.79 Å². The molecule has 1 aromatic rings. The number of carbonyl (C=O) groups excluding carboxylic acids is 1. The van der Waals surface area contributed by atoms with Gasteiger partial charge in [-0.25, -0.2) is 4.79 Å². The monoisotopic (exact) mass is 305 g/mol. The van der Waals surface area contributed by atoms with Gasteiger partial charge in [-0.3, -0.25) is 0 Å². The van der Waals surface area contributed by atoms with Gasteiger partial charge in [0.25, 0.3) is 0 Å². The first-order valence-corrected chi connectivity index (χ1v) is 8.07. The average molecular weight is 305 g/mol. The molecule has 1 amide bonds. The van der Waals surface area contributed by atoms with Gasteiger partial charge in [0.05, 0.1) is 0 Å². The number of aliphatic hydroxyl groups is 1. The standard InChI is InChI=1S/C18H27NO3/c1-18(2,3)22-17(21)19(16-9-10-16)13-15-7-4-6-14(12-15)8-5-11-20/h4,6-7,12,16,20H,5,8-11,13H2,1-3H3. The van der Waals surface area contributed by atoms with E-state index in [0.29, 0.717) is 12.6 Å². The summed E-state index contributed by atoms with van der Waals surface area (Å²) in [6, 6.07) is 8.56. The third-order valence-corrected chi connectivity index (χ3v) is 3.58. The van der Waals surface area contributed by atoms with Crippen LogP contribution in [0.2, 0.25) is 0 Å². The first-order chi connectivity index (χ1) is 10.4. The van der Waals surface area contributed by atoms with Gasteiger partial charge in [-0.15, -0.1) is 0 Å². The highest BCUT2D eigenvalue weighted by Gasteiger charge is 2.35. The minimum atomic E-state index is -0.465. The first-order valence-electron chi connectivity index (χ1n) is 8.07. The van der Waals surface area contributed by atoms with Crippen LogP contribution in [0.4, 0.5) is 4.79 Å². The number of aliphatic hydroxyl groups excluding tert-OH is 1. The highest BCUT2D eigenvalue weighted by molar-refractivity contribution is 5.69. The molecule has 1 saturated carbocycles. The molecular formula is C18H27NO3. The molecule has 22 heavy (non-hydrogen) atoms. The lowest BCUT2D eigenvalue weighted by atomic mass is 10.1. The van der Waals surface area contributed by atoms with Crippen molar-refractivity contribution in [2.45, 2.75) is 64.6 Å². The van der Waals surface area contributed by atoms with Gasteiger partial charge < -0.3 is 14.7 Å². The molecule has 1 N–H and O–H groups in total. The Labute approximate surface area is 133 Å². The van der Waals surface area contributed by atoms with Crippen molar-refractivity contribution in [3.8, 4) is 0 Å². The Morgan fingerprint density at radius 3 is 2.59 bits per heavy atom. The number of benzene rings is 1. The Morgan fingerprint density at radius 2 is 2.00 bits per heavy atom. The van der Waals surface area contributed by atoms with E-state index in [-0.39, 0.29) is 12.7 Å². The van der Waals surface area contributed by atoms with E-state index < -0.39 is 5.60 Å². The van der Waals surface area contributed by atoms with Crippen molar-refractivity contribution in [3.05, 3.63) is 35.4 Å². The molecule has 0 heterocycles. The molecule has 0 atom stereocenters. The van der Waals surface area contributed by atoms with E-state index >= 15 is 0 Å². The van der Waals surface area contributed by atoms with Gasteiger partial charge in [0.1, 0.15) is 5.60 Å². The van der Waals surface area contributed by atoms with Crippen LogP contribution in [-0.4, -0.2) is 34.3 Å². The summed E-state index contributed by atoms with van der Waals surface area (Å²) in [5.41, 5.74) is 1.85. The van der Waals surface area contributed by atoms with Crippen molar-refractivity contribution < 1.29 is 14.6 Å². The van der Waals surface area contributed by atoms with Crippen LogP contribution in [0.15, 0.2) is 24.3 Å². The molecule has 0 aliphatic heterocycles. The number of nitrogens with zero attached hydrogens (tertiary/aromatic N) is 1. The average Bonchev–Trinajstić information content (AvgIpc) is 3.25. The zero-order valence-corrected chi connectivity index (χ0v) is 13.8. The van der Waals surface area contributed by atoms with Crippen LogP contribution in [0.25, 0.3) is 0 Å². The van der Waals surface area contributed by atoms with E-state index in [2.05, 4.69) is 12.1 Å². The van der Waals surface area contributed by atoms with Crippen LogP contribution < -0.4 is 0 Å². The third-order valence-electron chi connectivity index (χ3n) is 3.58. The zero-order chi connectivity index (χ0) is 16.2. The van der Waals surface area contributed by atoms with Crippen LogP contribution in [0.1, 0.15) is 51.2 Å². The number of carbonyl (C=O) groups is 1. The Balaban J connectivity index is 2.03. The third kappa shape index (κ3) is 5.34. The van der Waals surface area contributed by atoms with E-state index in [4.69, 9.17) is 9.84 Å². The fourth-order valence-corrected chi connectivity index (χ4v) is 2.41. The molecule has 0 radical (unpaired) electrons. The second-order valence-corrected chi connectivity index (χ2v) is 6.99. The van der Waals surface area contributed by atoms with Crippen LogP contribution in [-0.2, 0) is 17.7 Å². The molecule has 1 aromatic carbocycles. The highest BCUT2D eigenvalue weighted by Crippen LogP contribution is 2.30. The Bertz CT molecular complexity index is 503. The number of aryl methyl sites for hydroxylation is 1. The van der Waals surface area contributed by atoms with Crippen LogP contribution in [0, 0.1) is 0 Å². The summed E-state index contributed by atoms with van der Waals surface area (Å²) in [6.07, 6.45) is 3.52. The van der Waals surface area contributed by atoms with E-state index in [1.807, 2.05) is 37.8 Å². The van der Waals surface area contributed by atoms with Crippen LogP contribution >= 0.6 is 0 Å². The first kappa shape index (κ1) is 16.8. The Hall–Kier alpha value is -1.55. The van der Waals surface area contributed by atoms with Crippen molar-refractivity contribution >= 4 is 6.09 Å². The van der Waals surface area contributed by atoms with Gasteiger partial charge in [-0.1, -0.05) is 24.3 Å². The number of rotatable bonds is 6. The topological polar surface area (TPSA) is 49.8 Å². The predicted molar refractivity (Wildman–Crippen MR) is 86.6 cm³/mol. The van der Waals surface area contributed by atoms with Gasteiger partial charge in [-0.05, 0) is 57.6 Å². The quantitative estimate of drug-likeness (QED) is 0.875. The lowest BCUT2D eigenvalue weighted by Crippen LogP contribution is -2.37. The van der Waals surface area contributed by atoms with E-state index in [1.165, 1.54) is 5.56 Å². The SMILES string of the molecule is CC(C)(C)OC(=O)N(Cc1cccc(CCCO)c1)C1CC1. The fourth-order valence-electron chi connectivity index (χ4n) is 2.41. The molecule has 1 aliphatic carbocycles. The number of hydrogen-bond acceptors (Lipinski definition) is 3. The molecule has 0 aromatic heterocycles. The Morgan fingerprint density at radius 1 is 1.32 bits per heavy atom.